The molecule has 0 bridgehead atoms. The van der Waals surface area contributed by atoms with E-state index in [0.717, 1.165) is 37.9 Å². The van der Waals surface area contributed by atoms with E-state index in [0.29, 0.717) is 19.5 Å². The zero-order chi connectivity index (χ0) is 19.0. The van der Waals surface area contributed by atoms with Crippen molar-refractivity contribution in [1.29, 1.82) is 0 Å². The number of halogens is 3. The Hall–Kier alpha value is -1.02. The molecule has 2 N–H and O–H groups in total. The lowest BCUT2D eigenvalue weighted by molar-refractivity contribution is -0.143. The van der Waals surface area contributed by atoms with E-state index in [4.69, 9.17) is 0 Å². The average molecular weight is 377 g/mol. The van der Waals surface area contributed by atoms with Crippen LogP contribution in [0.2, 0.25) is 0 Å². The van der Waals surface area contributed by atoms with E-state index in [-0.39, 0.29) is 6.04 Å². The molecule has 2 saturated heterocycles. The number of hydrogen-bond donors (Lipinski definition) is 2. The van der Waals surface area contributed by atoms with Crippen molar-refractivity contribution in [1.82, 2.24) is 20.4 Å². The summed E-state index contributed by atoms with van der Waals surface area (Å²) >= 11 is 0. The maximum atomic E-state index is 12.5. The van der Waals surface area contributed by atoms with Crippen LogP contribution in [0, 0.1) is 5.92 Å². The molecular formula is C18H34F3N5. The summed E-state index contributed by atoms with van der Waals surface area (Å²) in [5.41, 5.74) is 0. The highest BCUT2D eigenvalue weighted by atomic mass is 19.4. The van der Waals surface area contributed by atoms with Crippen molar-refractivity contribution >= 4 is 5.96 Å². The van der Waals surface area contributed by atoms with Gasteiger partial charge in [0.2, 0.25) is 0 Å². The van der Waals surface area contributed by atoms with E-state index in [1.165, 1.54) is 30.8 Å². The molecule has 8 heteroatoms. The number of alkyl halides is 3. The van der Waals surface area contributed by atoms with Crippen molar-refractivity contribution < 1.29 is 13.2 Å². The van der Waals surface area contributed by atoms with Gasteiger partial charge >= 0.3 is 6.18 Å². The molecule has 0 amide bonds. The van der Waals surface area contributed by atoms with Crippen LogP contribution in [-0.4, -0.2) is 80.3 Å². The van der Waals surface area contributed by atoms with E-state index in [9.17, 15) is 13.2 Å². The summed E-state index contributed by atoms with van der Waals surface area (Å²) in [6.45, 7) is 9.27. The summed E-state index contributed by atoms with van der Waals surface area (Å²) in [5, 5.41) is 6.50. The number of hydrogen-bond acceptors (Lipinski definition) is 3. The molecule has 2 atom stereocenters. The fourth-order valence-corrected chi connectivity index (χ4v) is 3.84. The van der Waals surface area contributed by atoms with Crippen LogP contribution >= 0.6 is 0 Å². The Labute approximate surface area is 155 Å². The van der Waals surface area contributed by atoms with Gasteiger partial charge in [0.05, 0.1) is 6.54 Å². The van der Waals surface area contributed by atoms with Gasteiger partial charge in [-0.05, 0) is 51.6 Å². The third-order valence-electron chi connectivity index (χ3n) is 5.00. The number of piperidine rings is 1. The molecule has 2 unspecified atom stereocenters. The molecule has 2 aliphatic rings. The summed E-state index contributed by atoms with van der Waals surface area (Å²) in [5.74, 6) is 1.51. The third-order valence-corrected chi connectivity index (χ3v) is 5.00. The van der Waals surface area contributed by atoms with Crippen molar-refractivity contribution in [3.8, 4) is 0 Å². The van der Waals surface area contributed by atoms with Crippen LogP contribution in [0.25, 0.3) is 0 Å². The smallest absolute Gasteiger partial charge is 0.357 e. The molecule has 0 aliphatic carbocycles. The molecule has 152 valence electrons. The number of aliphatic imine (C=N–C) groups is 1. The SMILES string of the molecule is CCNC(=NCCCN1CCCC(C)C1)NC1CCN(CC(F)(F)F)C1. The highest BCUT2D eigenvalue weighted by molar-refractivity contribution is 5.80. The Morgan fingerprint density at radius 3 is 2.65 bits per heavy atom. The molecule has 2 heterocycles. The molecule has 0 radical (unpaired) electrons. The minimum absolute atomic E-state index is 0.0260. The summed E-state index contributed by atoms with van der Waals surface area (Å²) in [7, 11) is 0. The van der Waals surface area contributed by atoms with Crippen molar-refractivity contribution in [2.75, 3.05) is 52.4 Å². The molecule has 2 rings (SSSR count). The Bertz CT molecular complexity index is 441. The highest BCUT2D eigenvalue weighted by Gasteiger charge is 2.34. The van der Waals surface area contributed by atoms with Crippen molar-refractivity contribution in [2.24, 2.45) is 10.9 Å². The maximum absolute atomic E-state index is 12.5. The predicted octanol–water partition coefficient (Wildman–Crippen LogP) is 2.30. The lowest BCUT2D eigenvalue weighted by atomic mass is 10.0. The minimum atomic E-state index is -4.13. The molecule has 26 heavy (non-hydrogen) atoms. The van der Waals surface area contributed by atoms with Crippen LogP contribution in [-0.2, 0) is 0 Å². The molecule has 0 aromatic carbocycles. The van der Waals surface area contributed by atoms with Crippen LogP contribution in [0.4, 0.5) is 13.2 Å². The first-order valence-corrected chi connectivity index (χ1v) is 9.92. The van der Waals surface area contributed by atoms with Gasteiger partial charge in [-0.2, -0.15) is 13.2 Å². The molecule has 0 aromatic rings. The monoisotopic (exact) mass is 377 g/mol. The van der Waals surface area contributed by atoms with E-state index in [1.54, 1.807) is 0 Å². The average Bonchev–Trinajstić information content (AvgIpc) is 2.96. The molecular weight excluding hydrogens is 343 g/mol. The molecule has 2 fully saturated rings. The van der Waals surface area contributed by atoms with E-state index < -0.39 is 12.7 Å². The highest BCUT2D eigenvalue weighted by Crippen LogP contribution is 2.20. The maximum Gasteiger partial charge on any atom is 0.401 e. The molecule has 0 spiro atoms. The molecule has 2 aliphatic heterocycles. The summed E-state index contributed by atoms with van der Waals surface area (Å²) in [6, 6.07) is 0.0260. The van der Waals surface area contributed by atoms with Crippen LogP contribution in [0.3, 0.4) is 0 Å². The van der Waals surface area contributed by atoms with Gasteiger partial charge in [-0.15, -0.1) is 0 Å². The third kappa shape index (κ3) is 8.12. The predicted molar refractivity (Wildman–Crippen MR) is 99.5 cm³/mol. The van der Waals surface area contributed by atoms with Gasteiger partial charge in [-0.3, -0.25) is 9.89 Å². The first-order valence-electron chi connectivity index (χ1n) is 9.92. The van der Waals surface area contributed by atoms with Crippen molar-refractivity contribution in [2.45, 2.75) is 51.7 Å². The fourth-order valence-electron chi connectivity index (χ4n) is 3.84. The normalized spacial score (nSPS) is 26.3. The van der Waals surface area contributed by atoms with Gasteiger partial charge in [0, 0.05) is 38.8 Å². The van der Waals surface area contributed by atoms with Gasteiger partial charge in [0.1, 0.15) is 0 Å². The van der Waals surface area contributed by atoms with Crippen LogP contribution in [0.1, 0.15) is 39.5 Å². The molecule has 5 nitrogen and oxygen atoms in total. The number of nitrogens with one attached hydrogen (secondary N) is 2. The Balaban J connectivity index is 1.71. The number of rotatable bonds is 7. The van der Waals surface area contributed by atoms with E-state index in [1.807, 2.05) is 6.92 Å². The standard InChI is InChI=1S/C18H34F3N5/c1-3-22-17(23-8-5-10-25-9-4-6-15(2)12-25)24-16-7-11-26(13-16)14-18(19,20)21/h15-16H,3-14H2,1-2H3,(H2,22,23,24). The largest absolute Gasteiger partial charge is 0.401 e. The van der Waals surface area contributed by atoms with E-state index >= 15 is 0 Å². The van der Waals surface area contributed by atoms with Gasteiger partial charge in [-0.1, -0.05) is 6.92 Å². The van der Waals surface area contributed by atoms with Crippen molar-refractivity contribution in [3.05, 3.63) is 0 Å². The summed E-state index contributed by atoms with van der Waals surface area (Å²) in [6.07, 6.45) is 0.209. The van der Waals surface area contributed by atoms with Crippen LogP contribution in [0.5, 0.6) is 0 Å². The quantitative estimate of drug-likeness (QED) is 0.406. The zero-order valence-corrected chi connectivity index (χ0v) is 16.1. The number of nitrogens with zero attached hydrogens (tertiary/aromatic N) is 3. The minimum Gasteiger partial charge on any atom is -0.357 e. The second kappa shape index (κ2) is 10.3. The van der Waals surface area contributed by atoms with Crippen LogP contribution < -0.4 is 10.6 Å². The number of likely N-dealkylation sites (tertiary alicyclic amines) is 2. The summed E-state index contributed by atoms with van der Waals surface area (Å²) < 4.78 is 37.5. The lowest BCUT2D eigenvalue weighted by Crippen LogP contribution is -2.45. The fraction of sp³-hybridized carbons (Fsp3) is 0.944. The first-order chi connectivity index (χ1) is 12.4. The zero-order valence-electron chi connectivity index (χ0n) is 16.1. The molecule has 0 aromatic heterocycles. The second-order valence-corrected chi connectivity index (χ2v) is 7.64. The lowest BCUT2D eigenvalue weighted by Gasteiger charge is -2.30. The van der Waals surface area contributed by atoms with Crippen LogP contribution in [0.15, 0.2) is 4.99 Å². The van der Waals surface area contributed by atoms with Gasteiger partial charge in [0.25, 0.3) is 0 Å². The Kier molecular flexibility index (Phi) is 8.47. The van der Waals surface area contributed by atoms with Gasteiger partial charge < -0.3 is 15.5 Å². The second-order valence-electron chi connectivity index (χ2n) is 7.64. The molecule has 0 saturated carbocycles. The number of guanidine groups is 1. The summed E-state index contributed by atoms with van der Waals surface area (Å²) in [4.78, 5) is 8.57. The first kappa shape index (κ1) is 21.3. The Morgan fingerprint density at radius 2 is 1.96 bits per heavy atom. The van der Waals surface area contributed by atoms with Gasteiger partial charge in [0.15, 0.2) is 5.96 Å². The van der Waals surface area contributed by atoms with Gasteiger partial charge in [-0.25, -0.2) is 0 Å². The topological polar surface area (TPSA) is 42.9 Å². The van der Waals surface area contributed by atoms with Crippen molar-refractivity contribution in [3.63, 3.8) is 0 Å². The van der Waals surface area contributed by atoms with E-state index in [2.05, 4.69) is 27.4 Å². The Morgan fingerprint density at radius 1 is 1.15 bits per heavy atom.